The van der Waals surface area contributed by atoms with Gasteiger partial charge >= 0.3 is 11.9 Å². The van der Waals surface area contributed by atoms with Gasteiger partial charge in [-0.25, -0.2) is 14.8 Å². The minimum atomic E-state index is -1.64. The van der Waals surface area contributed by atoms with Crippen molar-refractivity contribution in [3.05, 3.63) is 36.4 Å². The van der Waals surface area contributed by atoms with Crippen LogP contribution in [0.25, 0.3) is 0 Å². The number of H-pyrrole nitrogens is 2. The molecule has 0 unspecified atom stereocenters. The first-order chi connectivity index (χ1) is 40.3. The molecule has 0 radical (unpaired) electrons. The fourth-order valence-electron chi connectivity index (χ4n) is 8.43. The number of nitrogens with one attached hydrogen (secondary N) is 10. The normalized spacial score (nSPS) is 14.6. The van der Waals surface area contributed by atoms with Crippen LogP contribution in [-0.4, -0.2) is 187 Å². The van der Waals surface area contributed by atoms with E-state index in [-0.39, 0.29) is 95.3 Å². The maximum Gasteiger partial charge on any atom is 0.326 e. The average molecular weight is 1220 g/mol. The first kappa shape index (κ1) is 73.0. The molecule has 0 aromatic carbocycles. The molecule has 33 heteroatoms. The summed E-state index contributed by atoms with van der Waals surface area (Å²) in [5.74, 6) is -10.1. The van der Waals surface area contributed by atoms with Crippen LogP contribution < -0.4 is 76.9 Å². The third-order valence-corrected chi connectivity index (χ3v) is 14.0. The predicted molar refractivity (Wildman–Crippen MR) is 317 cm³/mol. The van der Waals surface area contributed by atoms with Crippen molar-refractivity contribution >= 4 is 82.9 Å². The molecule has 0 spiro atoms. The minimum Gasteiger partial charge on any atom is -0.481 e. The quantitative estimate of drug-likeness (QED) is 0.0172. The summed E-state index contributed by atoms with van der Waals surface area (Å²) in [5, 5.41) is 40.6. The summed E-state index contributed by atoms with van der Waals surface area (Å²) in [7, 11) is 0. The molecule has 32 nitrogen and oxygen atoms in total. The van der Waals surface area contributed by atoms with Crippen LogP contribution in [-0.2, 0) is 60.8 Å². The summed E-state index contributed by atoms with van der Waals surface area (Å²) < 4.78 is 0. The number of amides is 8. The summed E-state index contributed by atoms with van der Waals surface area (Å²) in [6.07, 6.45) is 7.46. The van der Waals surface area contributed by atoms with Crippen molar-refractivity contribution < 1.29 is 58.2 Å². The van der Waals surface area contributed by atoms with E-state index < -0.39 is 132 Å². The molecule has 0 aliphatic rings. The number of aliphatic carboxylic acids is 2. The van der Waals surface area contributed by atoms with Crippen LogP contribution in [0.3, 0.4) is 0 Å². The van der Waals surface area contributed by atoms with E-state index in [0.29, 0.717) is 36.4 Å². The van der Waals surface area contributed by atoms with Crippen LogP contribution in [0.1, 0.15) is 116 Å². The van der Waals surface area contributed by atoms with E-state index in [0.717, 1.165) is 0 Å². The number of aromatic nitrogens is 4. The van der Waals surface area contributed by atoms with Gasteiger partial charge in [-0.3, -0.25) is 53.1 Å². The van der Waals surface area contributed by atoms with E-state index in [9.17, 15) is 58.2 Å². The highest BCUT2D eigenvalue weighted by Crippen LogP contribution is 2.14. The summed E-state index contributed by atoms with van der Waals surface area (Å²) >= 11 is 1.36. The number of nitrogens with zero attached hydrogens (tertiary/aromatic N) is 4. The van der Waals surface area contributed by atoms with Crippen molar-refractivity contribution in [2.24, 2.45) is 56.2 Å². The average Bonchev–Trinajstić information content (AvgIpc) is 4.36. The second kappa shape index (κ2) is 39.5. The highest BCUT2D eigenvalue weighted by molar-refractivity contribution is 7.98. The van der Waals surface area contributed by atoms with Crippen molar-refractivity contribution in [1.29, 1.82) is 0 Å². The van der Waals surface area contributed by atoms with Crippen LogP contribution in [0.15, 0.2) is 35.0 Å². The Labute approximate surface area is 498 Å². The summed E-state index contributed by atoms with van der Waals surface area (Å²) in [6, 6.07) is -12.2. The Hall–Kier alpha value is -8.07. The Kier molecular flexibility index (Phi) is 33.9. The van der Waals surface area contributed by atoms with Gasteiger partial charge in [-0.2, -0.15) is 11.8 Å². The molecule has 2 heterocycles. The van der Waals surface area contributed by atoms with Crippen LogP contribution in [0, 0.1) is 11.8 Å². The largest absolute Gasteiger partial charge is 0.481 e. The number of aromatic amines is 2. The Morgan fingerprint density at radius 1 is 0.565 bits per heavy atom. The SMILES string of the molecule is CC[C@H](C)[C@H](NC(=O)[C@H](CCCN=C(N)N)NC(=O)[C@H](Cc1cnc[nH]1)NC(=O)[C@@H](N)CCCN=C(N)N)C(=O)N[C@@H](CCCCN)C(=O)N[C@@H](CCC(=O)O)C(=O)N[C@@H](Cc1cnc[nH]1)C(=O)N[C@@H](CCSC)C(=O)N[C@@H](CC(C)C)C(=O)O. The first-order valence-electron chi connectivity index (χ1n) is 28.2. The molecule has 0 saturated carbocycles. The molecule has 10 atom stereocenters. The maximum absolute atomic E-state index is 14.5. The fraction of sp³-hybridized carbons (Fsp3) is 0.654. The van der Waals surface area contributed by atoms with E-state index in [2.05, 4.69) is 72.5 Å². The van der Waals surface area contributed by atoms with Gasteiger partial charge < -0.3 is 97.1 Å². The lowest BCUT2D eigenvalue weighted by molar-refractivity contribution is -0.143. The minimum absolute atomic E-state index is 0.0379. The number of hydrogen-bond donors (Lipinski definition) is 18. The lowest BCUT2D eigenvalue weighted by atomic mass is 9.96. The fourth-order valence-corrected chi connectivity index (χ4v) is 8.90. The molecule has 2 rings (SSSR count). The zero-order valence-corrected chi connectivity index (χ0v) is 49.8. The topological polar surface area (TPSA) is 546 Å². The maximum atomic E-state index is 14.5. The van der Waals surface area contributed by atoms with Gasteiger partial charge in [-0.1, -0.05) is 34.1 Å². The molecule has 0 aliphatic heterocycles. The monoisotopic (exact) mass is 1220 g/mol. The van der Waals surface area contributed by atoms with Crippen molar-refractivity contribution in [2.75, 3.05) is 31.6 Å². The molecular formula is C52H90N20O12S. The Morgan fingerprint density at radius 2 is 0.988 bits per heavy atom. The van der Waals surface area contributed by atoms with Gasteiger partial charge in [0.1, 0.15) is 48.3 Å². The van der Waals surface area contributed by atoms with Crippen molar-refractivity contribution in [2.45, 2.75) is 172 Å². The van der Waals surface area contributed by atoms with Gasteiger partial charge in [0.05, 0.1) is 18.7 Å². The van der Waals surface area contributed by atoms with Crippen LogP contribution in [0.2, 0.25) is 0 Å². The number of aliphatic imine (C=N–C) groups is 2. The smallest absolute Gasteiger partial charge is 0.326 e. The number of guanidine groups is 2. The molecule has 476 valence electrons. The van der Waals surface area contributed by atoms with Crippen LogP contribution in [0.4, 0.5) is 0 Å². The molecule has 0 fully saturated rings. The highest BCUT2D eigenvalue weighted by atomic mass is 32.2. The zero-order valence-electron chi connectivity index (χ0n) is 49.0. The summed E-state index contributed by atoms with van der Waals surface area (Å²) in [6.45, 7) is 7.42. The number of nitrogens with two attached hydrogens (primary N) is 6. The van der Waals surface area contributed by atoms with Crippen molar-refractivity contribution in [3.63, 3.8) is 0 Å². The molecule has 2 aromatic rings. The molecule has 0 aliphatic carbocycles. The number of carbonyl (C=O) groups excluding carboxylic acids is 8. The molecule has 0 saturated heterocycles. The summed E-state index contributed by atoms with van der Waals surface area (Å²) in [4.78, 5) is 159. The molecular weight excluding hydrogens is 1130 g/mol. The molecule has 2 aromatic heterocycles. The van der Waals surface area contributed by atoms with E-state index >= 15 is 0 Å². The van der Waals surface area contributed by atoms with Gasteiger partial charge in [0, 0.05) is 56.1 Å². The highest BCUT2D eigenvalue weighted by Gasteiger charge is 2.37. The zero-order chi connectivity index (χ0) is 63.6. The van der Waals surface area contributed by atoms with Gasteiger partial charge in [-0.05, 0) is 94.6 Å². The lowest BCUT2D eigenvalue weighted by Crippen LogP contribution is -2.61. The van der Waals surface area contributed by atoms with Gasteiger partial charge in [0.25, 0.3) is 0 Å². The first-order valence-corrected chi connectivity index (χ1v) is 29.6. The van der Waals surface area contributed by atoms with E-state index in [1.807, 2.05) is 0 Å². The van der Waals surface area contributed by atoms with Crippen molar-refractivity contribution in [1.82, 2.24) is 62.5 Å². The number of imidazole rings is 2. The lowest BCUT2D eigenvalue weighted by Gasteiger charge is -2.30. The Bertz CT molecular complexity index is 2490. The number of carboxylic acid groups (broad SMARTS) is 2. The number of rotatable bonds is 43. The van der Waals surface area contributed by atoms with Crippen LogP contribution >= 0.6 is 11.8 Å². The number of carboxylic acids is 2. The molecule has 85 heavy (non-hydrogen) atoms. The third kappa shape index (κ3) is 28.9. The Balaban J connectivity index is 2.51. The van der Waals surface area contributed by atoms with Gasteiger partial charge in [0.15, 0.2) is 11.9 Å². The number of carbonyl (C=O) groups is 10. The van der Waals surface area contributed by atoms with E-state index in [4.69, 9.17) is 34.4 Å². The number of thioether (sulfide) groups is 1. The van der Waals surface area contributed by atoms with E-state index in [1.54, 1.807) is 34.0 Å². The summed E-state index contributed by atoms with van der Waals surface area (Å²) in [5.41, 5.74) is 34.7. The molecule has 24 N–H and O–H groups in total. The predicted octanol–water partition coefficient (Wildman–Crippen LogP) is -3.85. The number of hydrogen-bond acceptors (Lipinski definition) is 17. The van der Waals surface area contributed by atoms with E-state index in [1.165, 1.54) is 36.8 Å². The van der Waals surface area contributed by atoms with Gasteiger partial charge in [-0.15, -0.1) is 0 Å². The van der Waals surface area contributed by atoms with Crippen molar-refractivity contribution in [3.8, 4) is 0 Å². The number of unbranched alkanes of at least 4 members (excludes halogenated alkanes) is 1. The van der Waals surface area contributed by atoms with Gasteiger partial charge in [0.2, 0.25) is 47.3 Å². The second-order valence-electron chi connectivity index (χ2n) is 20.8. The Morgan fingerprint density at radius 3 is 1.42 bits per heavy atom. The third-order valence-electron chi connectivity index (χ3n) is 13.3. The molecule has 8 amide bonds. The second-order valence-corrected chi connectivity index (χ2v) is 21.8. The molecule has 0 bridgehead atoms. The van der Waals surface area contributed by atoms with Crippen LogP contribution in [0.5, 0.6) is 0 Å². The standard InChI is InChI=1S/C52H90N20O12S/c1-6-29(4)41(72-46(79)34(13-10-19-62-52(57)58)65-47(80)37(22-30-24-59-26-63-30)69-42(75)32(54)11-9-18-61-51(55)56)49(82)68-33(12-7-8-17-53)43(76)66-35(14-15-40(73)74)44(77)70-38(23-31-25-60-27-64-31)48(81)67-36(16-20-85-5)45(78)71-39(50(83)84)21-28(2)3/h24-29,32-39,41H,6-23,53-54H2,1-5H3,(H,59,63)(H,60,64)(H,65,80)(H,66,76)(H,67,81)(H,68,82)(H,69,75)(H,70,77)(H,71,78)(H,72,79)(H,73,74)(H,83,84)(H4,55,56,61)(H4,57,58,62)/t29-,32-,33-,34-,35-,36-,37-,38-,39-,41-/m0/s1.